The third kappa shape index (κ3) is 1.93. The summed E-state index contributed by atoms with van der Waals surface area (Å²) >= 11 is 5.75. The van der Waals surface area contributed by atoms with Crippen molar-refractivity contribution in [3.8, 4) is 0 Å². The predicted molar refractivity (Wildman–Crippen MR) is 48.1 cm³/mol. The molecule has 1 aromatic heterocycles. The summed E-state index contributed by atoms with van der Waals surface area (Å²) in [6.07, 6.45) is 0. The standard InChI is InChI=1S/C9H12ClN/c1-6(2)9-7(3)4-5-8(10)11-9/h4-6H,1-3H3. The third-order valence-corrected chi connectivity index (χ3v) is 1.86. The highest BCUT2D eigenvalue weighted by molar-refractivity contribution is 6.29. The molecule has 0 spiro atoms. The fraction of sp³-hybridized carbons (Fsp3) is 0.444. The molecule has 0 aromatic carbocycles. The van der Waals surface area contributed by atoms with Gasteiger partial charge in [-0.3, -0.25) is 0 Å². The van der Waals surface area contributed by atoms with Gasteiger partial charge in [-0.25, -0.2) is 4.98 Å². The lowest BCUT2D eigenvalue weighted by atomic mass is 10.1. The lowest BCUT2D eigenvalue weighted by molar-refractivity contribution is 0.812. The second kappa shape index (κ2) is 3.22. The molecular formula is C9H12ClN. The number of pyridine rings is 1. The summed E-state index contributed by atoms with van der Waals surface area (Å²) in [6.45, 7) is 6.29. The largest absolute Gasteiger partial charge is 0.241 e. The highest BCUT2D eigenvalue weighted by Gasteiger charge is 2.04. The average molecular weight is 170 g/mol. The Hall–Kier alpha value is -0.560. The van der Waals surface area contributed by atoms with Crippen molar-refractivity contribution >= 4 is 11.6 Å². The molecule has 0 N–H and O–H groups in total. The van der Waals surface area contributed by atoms with Gasteiger partial charge in [0.2, 0.25) is 0 Å². The maximum atomic E-state index is 5.75. The van der Waals surface area contributed by atoms with Gasteiger partial charge in [-0.15, -0.1) is 0 Å². The minimum absolute atomic E-state index is 0.452. The van der Waals surface area contributed by atoms with Gasteiger partial charge in [-0.1, -0.05) is 31.5 Å². The van der Waals surface area contributed by atoms with Crippen molar-refractivity contribution in [3.63, 3.8) is 0 Å². The second-order valence-electron chi connectivity index (χ2n) is 2.99. The summed E-state index contributed by atoms with van der Waals surface area (Å²) in [6, 6.07) is 3.83. The fourth-order valence-corrected chi connectivity index (χ4v) is 1.26. The van der Waals surface area contributed by atoms with Crippen molar-refractivity contribution in [1.82, 2.24) is 4.98 Å². The van der Waals surface area contributed by atoms with E-state index >= 15 is 0 Å². The van der Waals surface area contributed by atoms with Crippen LogP contribution in [0, 0.1) is 6.92 Å². The fourth-order valence-electron chi connectivity index (χ4n) is 1.10. The van der Waals surface area contributed by atoms with Crippen molar-refractivity contribution in [2.24, 2.45) is 0 Å². The number of halogens is 1. The summed E-state index contributed by atoms with van der Waals surface area (Å²) in [5.41, 5.74) is 2.31. The van der Waals surface area contributed by atoms with Crippen molar-refractivity contribution in [2.75, 3.05) is 0 Å². The molecule has 0 fully saturated rings. The third-order valence-electron chi connectivity index (χ3n) is 1.65. The Kier molecular flexibility index (Phi) is 2.50. The molecule has 1 rings (SSSR count). The highest BCUT2D eigenvalue weighted by atomic mass is 35.5. The number of aromatic nitrogens is 1. The first-order valence-corrected chi connectivity index (χ1v) is 4.12. The smallest absolute Gasteiger partial charge is 0.129 e. The zero-order chi connectivity index (χ0) is 8.43. The van der Waals surface area contributed by atoms with Crippen LogP contribution in [-0.2, 0) is 0 Å². The lowest BCUT2D eigenvalue weighted by Crippen LogP contribution is -1.95. The molecule has 0 saturated carbocycles. The second-order valence-corrected chi connectivity index (χ2v) is 3.38. The van der Waals surface area contributed by atoms with Crippen LogP contribution in [0.25, 0.3) is 0 Å². The van der Waals surface area contributed by atoms with E-state index in [0.29, 0.717) is 11.1 Å². The van der Waals surface area contributed by atoms with Crippen LogP contribution in [0.5, 0.6) is 0 Å². The molecule has 0 saturated heterocycles. The van der Waals surface area contributed by atoms with Crippen molar-refractivity contribution < 1.29 is 0 Å². The molecule has 0 aliphatic rings. The minimum atomic E-state index is 0.452. The first-order valence-electron chi connectivity index (χ1n) is 3.74. The Morgan fingerprint density at radius 1 is 1.36 bits per heavy atom. The van der Waals surface area contributed by atoms with Gasteiger partial charge >= 0.3 is 0 Å². The molecule has 0 aliphatic heterocycles. The number of nitrogens with zero attached hydrogens (tertiary/aromatic N) is 1. The van der Waals surface area contributed by atoms with E-state index in [1.165, 1.54) is 5.56 Å². The van der Waals surface area contributed by atoms with Crippen LogP contribution in [0.15, 0.2) is 12.1 Å². The predicted octanol–water partition coefficient (Wildman–Crippen LogP) is 3.17. The number of aryl methyl sites for hydroxylation is 1. The van der Waals surface area contributed by atoms with E-state index in [9.17, 15) is 0 Å². The number of hydrogen-bond donors (Lipinski definition) is 0. The van der Waals surface area contributed by atoms with Gasteiger partial charge in [-0.2, -0.15) is 0 Å². The molecule has 60 valence electrons. The summed E-state index contributed by atoms with van der Waals surface area (Å²) in [4.78, 5) is 4.24. The van der Waals surface area contributed by atoms with E-state index in [1.807, 2.05) is 12.1 Å². The summed E-state index contributed by atoms with van der Waals surface area (Å²) < 4.78 is 0. The van der Waals surface area contributed by atoms with Gasteiger partial charge in [0.1, 0.15) is 5.15 Å². The molecule has 0 aliphatic carbocycles. The molecule has 0 atom stereocenters. The summed E-state index contributed by atoms with van der Waals surface area (Å²) in [5, 5.41) is 0.583. The number of hydrogen-bond acceptors (Lipinski definition) is 1. The van der Waals surface area contributed by atoms with Crippen LogP contribution in [0.2, 0.25) is 5.15 Å². The average Bonchev–Trinajstić information content (AvgIpc) is 1.94. The van der Waals surface area contributed by atoms with Crippen LogP contribution >= 0.6 is 11.6 Å². The Balaban J connectivity index is 3.13. The Morgan fingerprint density at radius 2 is 2.00 bits per heavy atom. The summed E-state index contributed by atoms with van der Waals surface area (Å²) in [5.74, 6) is 0.452. The molecular weight excluding hydrogens is 158 g/mol. The number of rotatable bonds is 1. The topological polar surface area (TPSA) is 12.9 Å². The minimum Gasteiger partial charge on any atom is -0.241 e. The molecule has 2 heteroatoms. The molecule has 0 amide bonds. The van der Waals surface area contributed by atoms with E-state index < -0.39 is 0 Å². The Morgan fingerprint density at radius 3 is 2.45 bits per heavy atom. The zero-order valence-corrected chi connectivity index (χ0v) is 7.81. The maximum absolute atomic E-state index is 5.75. The normalized spacial score (nSPS) is 10.6. The molecule has 1 aromatic rings. The van der Waals surface area contributed by atoms with E-state index in [2.05, 4.69) is 25.8 Å². The van der Waals surface area contributed by atoms with E-state index in [0.717, 1.165) is 5.69 Å². The van der Waals surface area contributed by atoms with Gasteiger partial charge in [-0.05, 0) is 24.5 Å². The first kappa shape index (κ1) is 8.54. The van der Waals surface area contributed by atoms with E-state index in [4.69, 9.17) is 11.6 Å². The van der Waals surface area contributed by atoms with Crippen LogP contribution < -0.4 is 0 Å². The van der Waals surface area contributed by atoms with Gasteiger partial charge in [0, 0.05) is 5.69 Å². The SMILES string of the molecule is Cc1ccc(Cl)nc1C(C)C. The Labute approximate surface area is 72.4 Å². The quantitative estimate of drug-likeness (QED) is 0.589. The van der Waals surface area contributed by atoms with E-state index in [1.54, 1.807) is 0 Å². The van der Waals surface area contributed by atoms with Crippen molar-refractivity contribution in [2.45, 2.75) is 26.7 Å². The van der Waals surface area contributed by atoms with Crippen molar-refractivity contribution in [3.05, 3.63) is 28.5 Å². The summed E-state index contributed by atoms with van der Waals surface area (Å²) in [7, 11) is 0. The molecule has 0 bridgehead atoms. The van der Waals surface area contributed by atoms with Gasteiger partial charge in [0.25, 0.3) is 0 Å². The highest BCUT2D eigenvalue weighted by Crippen LogP contribution is 2.18. The van der Waals surface area contributed by atoms with Crippen molar-refractivity contribution in [1.29, 1.82) is 0 Å². The molecule has 1 nitrogen and oxygen atoms in total. The molecule has 0 radical (unpaired) electrons. The zero-order valence-electron chi connectivity index (χ0n) is 7.06. The maximum Gasteiger partial charge on any atom is 0.129 e. The molecule has 1 heterocycles. The van der Waals surface area contributed by atoms with Gasteiger partial charge in [0.05, 0.1) is 0 Å². The monoisotopic (exact) mass is 169 g/mol. The van der Waals surface area contributed by atoms with Crippen LogP contribution in [0.1, 0.15) is 31.0 Å². The Bertz CT molecular complexity index is 256. The molecule has 11 heavy (non-hydrogen) atoms. The van der Waals surface area contributed by atoms with Crippen LogP contribution in [0.3, 0.4) is 0 Å². The van der Waals surface area contributed by atoms with E-state index in [-0.39, 0.29) is 0 Å². The van der Waals surface area contributed by atoms with Gasteiger partial charge in [0.15, 0.2) is 0 Å². The molecule has 0 unspecified atom stereocenters. The van der Waals surface area contributed by atoms with Gasteiger partial charge < -0.3 is 0 Å². The lowest BCUT2D eigenvalue weighted by Gasteiger charge is -2.07. The van der Waals surface area contributed by atoms with Crippen LogP contribution in [-0.4, -0.2) is 4.98 Å². The first-order chi connectivity index (χ1) is 5.11. The van der Waals surface area contributed by atoms with Crippen LogP contribution in [0.4, 0.5) is 0 Å².